The minimum absolute atomic E-state index is 0.131. The summed E-state index contributed by atoms with van der Waals surface area (Å²) >= 11 is 19.4. The first-order valence-corrected chi connectivity index (χ1v) is 10.4. The maximum Gasteiger partial charge on any atom is 0.348 e. The molecule has 1 aliphatic carbocycles. The number of fused-ring (bicyclic) bond motifs is 1. The molecule has 0 unspecified atom stereocenters. The van der Waals surface area contributed by atoms with E-state index in [1.54, 1.807) is 18.2 Å². The summed E-state index contributed by atoms with van der Waals surface area (Å²) in [6, 6.07) is 3.36. The molecule has 3 nitrogen and oxygen atoms in total. The largest absolute Gasteiger partial charge is 0.465 e. The smallest absolute Gasteiger partial charge is 0.348 e. The first kappa shape index (κ1) is 20.4. The van der Waals surface area contributed by atoms with Crippen molar-refractivity contribution in [1.29, 1.82) is 0 Å². The van der Waals surface area contributed by atoms with Gasteiger partial charge in [-0.2, -0.15) is 0 Å². The first-order valence-electron chi connectivity index (χ1n) is 8.43. The van der Waals surface area contributed by atoms with E-state index in [1.807, 2.05) is 6.92 Å². The van der Waals surface area contributed by atoms with Gasteiger partial charge in [-0.15, -0.1) is 11.3 Å². The predicted octanol–water partition coefficient (Wildman–Crippen LogP) is 6.66. The third kappa shape index (κ3) is 4.09. The van der Waals surface area contributed by atoms with Gasteiger partial charge in [-0.3, -0.25) is 4.79 Å². The molecule has 27 heavy (non-hydrogen) atoms. The Balaban J connectivity index is 2.00. The van der Waals surface area contributed by atoms with Crippen LogP contribution in [0.3, 0.4) is 0 Å². The zero-order chi connectivity index (χ0) is 19.7. The topological polar surface area (TPSA) is 43.4 Å². The molecule has 0 amide bonds. The SMILES string of the molecule is COC(=O)c1sc(C(=O)/C=C(/C)c2cc(Cl)c(Cl)c(Cl)c2)c2c1CCCC2. The van der Waals surface area contributed by atoms with Crippen molar-refractivity contribution in [2.24, 2.45) is 0 Å². The summed E-state index contributed by atoms with van der Waals surface area (Å²) in [5.74, 6) is -0.512. The highest BCUT2D eigenvalue weighted by Crippen LogP contribution is 2.37. The van der Waals surface area contributed by atoms with Gasteiger partial charge in [0, 0.05) is 0 Å². The molecule has 1 aromatic carbocycles. The van der Waals surface area contributed by atoms with E-state index in [0.717, 1.165) is 47.9 Å². The Hall–Kier alpha value is -1.33. The number of carbonyl (C=O) groups excluding carboxylic acids is 2. The van der Waals surface area contributed by atoms with Crippen LogP contribution in [0.25, 0.3) is 5.57 Å². The molecule has 0 aliphatic heterocycles. The van der Waals surface area contributed by atoms with E-state index in [4.69, 9.17) is 39.5 Å². The van der Waals surface area contributed by atoms with Crippen LogP contribution in [-0.2, 0) is 17.6 Å². The van der Waals surface area contributed by atoms with Gasteiger partial charge in [0.2, 0.25) is 0 Å². The van der Waals surface area contributed by atoms with Crippen molar-refractivity contribution in [1.82, 2.24) is 0 Å². The second kappa shape index (κ2) is 8.36. The molecule has 1 aromatic heterocycles. The molecule has 3 rings (SSSR count). The van der Waals surface area contributed by atoms with Crippen LogP contribution in [0.15, 0.2) is 18.2 Å². The number of carbonyl (C=O) groups is 2. The molecule has 0 fully saturated rings. The van der Waals surface area contributed by atoms with Gasteiger partial charge in [-0.1, -0.05) is 34.8 Å². The molecule has 0 saturated heterocycles. The molecule has 0 spiro atoms. The van der Waals surface area contributed by atoms with Crippen molar-refractivity contribution in [2.75, 3.05) is 7.11 Å². The van der Waals surface area contributed by atoms with Gasteiger partial charge in [-0.05, 0) is 73.1 Å². The Kier molecular flexibility index (Phi) is 6.32. The molecule has 0 atom stereocenters. The Morgan fingerprint density at radius 3 is 2.15 bits per heavy atom. The minimum atomic E-state index is -0.380. The van der Waals surface area contributed by atoms with E-state index in [-0.39, 0.29) is 16.8 Å². The van der Waals surface area contributed by atoms with Gasteiger partial charge in [-0.25, -0.2) is 4.79 Å². The van der Waals surface area contributed by atoms with Crippen molar-refractivity contribution in [2.45, 2.75) is 32.6 Å². The van der Waals surface area contributed by atoms with E-state index in [0.29, 0.717) is 19.8 Å². The third-order valence-electron chi connectivity index (χ3n) is 4.60. The van der Waals surface area contributed by atoms with Gasteiger partial charge in [0.1, 0.15) is 4.88 Å². The van der Waals surface area contributed by atoms with Crippen LogP contribution in [0, 0.1) is 0 Å². The average Bonchev–Trinajstić information content (AvgIpc) is 3.04. The molecule has 2 aromatic rings. The summed E-state index contributed by atoms with van der Waals surface area (Å²) < 4.78 is 4.89. The van der Waals surface area contributed by atoms with Crippen LogP contribution in [0.5, 0.6) is 0 Å². The molecule has 0 bridgehead atoms. The van der Waals surface area contributed by atoms with Crippen molar-refractivity contribution in [3.63, 3.8) is 0 Å². The van der Waals surface area contributed by atoms with Crippen LogP contribution in [0.1, 0.15) is 55.8 Å². The van der Waals surface area contributed by atoms with Gasteiger partial charge >= 0.3 is 5.97 Å². The third-order valence-corrected chi connectivity index (χ3v) is 7.07. The molecule has 142 valence electrons. The summed E-state index contributed by atoms with van der Waals surface area (Å²) in [4.78, 5) is 26.2. The van der Waals surface area contributed by atoms with E-state index in [2.05, 4.69) is 0 Å². The maximum atomic E-state index is 13.0. The van der Waals surface area contributed by atoms with E-state index in [9.17, 15) is 9.59 Å². The summed E-state index contributed by atoms with van der Waals surface area (Å²) in [6.45, 7) is 1.81. The first-order chi connectivity index (χ1) is 12.8. The lowest BCUT2D eigenvalue weighted by Gasteiger charge is -2.13. The second-order valence-electron chi connectivity index (χ2n) is 6.36. The number of rotatable bonds is 4. The maximum absolute atomic E-state index is 13.0. The van der Waals surface area contributed by atoms with E-state index in [1.165, 1.54) is 18.4 Å². The highest BCUT2D eigenvalue weighted by Gasteiger charge is 2.27. The zero-order valence-electron chi connectivity index (χ0n) is 14.8. The average molecular weight is 444 g/mol. The van der Waals surface area contributed by atoms with Gasteiger partial charge in [0.25, 0.3) is 0 Å². The van der Waals surface area contributed by atoms with Gasteiger partial charge < -0.3 is 4.74 Å². The lowest BCUT2D eigenvalue weighted by atomic mass is 9.91. The second-order valence-corrected chi connectivity index (χ2v) is 8.57. The molecule has 1 heterocycles. The lowest BCUT2D eigenvalue weighted by molar-refractivity contribution is 0.0605. The molecule has 1 aliphatic rings. The number of hydrogen-bond acceptors (Lipinski definition) is 4. The van der Waals surface area contributed by atoms with Crippen molar-refractivity contribution >= 4 is 63.5 Å². The number of benzene rings is 1. The summed E-state index contributed by atoms with van der Waals surface area (Å²) in [5, 5.41) is 0.956. The number of allylic oxidation sites excluding steroid dienone is 2. The highest BCUT2D eigenvalue weighted by atomic mass is 35.5. The number of hydrogen-bond donors (Lipinski definition) is 0. The number of esters is 1. The molecule has 0 radical (unpaired) electrons. The fourth-order valence-corrected chi connectivity index (χ4v) is 5.04. The fraction of sp³-hybridized carbons (Fsp3) is 0.300. The van der Waals surface area contributed by atoms with Crippen LogP contribution >= 0.6 is 46.1 Å². The number of ether oxygens (including phenoxy) is 1. The van der Waals surface area contributed by atoms with E-state index >= 15 is 0 Å². The van der Waals surface area contributed by atoms with Crippen LogP contribution in [-0.4, -0.2) is 18.9 Å². The van der Waals surface area contributed by atoms with Crippen molar-refractivity contribution in [3.8, 4) is 0 Å². The molecular formula is C20H17Cl3O3S. The van der Waals surface area contributed by atoms with Crippen molar-refractivity contribution in [3.05, 3.63) is 59.7 Å². The van der Waals surface area contributed by atoms with Crippen LogP contribution in [0.4, 0.5) is 0 Å². The van der Waals surface area contributed by atoms with Crippen LogP contribution < -0.4 is 0 Å². The standard InChI is InChI=1S/C20H17Cl3O3S/c1-10(11-8-14(21)17(23)15(22)9-11)7-16(24)18-12-5-3-4-6-13(12)19(27-18)20(25)26-2/h7-9H,3-6H2,1-2H3/b10-7-. The summed E-state index contributed by atoms with van der Waals surface area (Å²) in [6.07, 6.45) is 5.18. The van der Waals surface area contributed by atoms with E-state index < -0.39 is 0 Å². The number of thiophene rings is 1. The molecule has 0 N–H and O–H groups in total. The number of methoxy groups -OCH3 is 1. The monoisotopic (exact) mass is 442 g/mol. The van der Waals surface area contributed by atoms with Crippen molar-refractivity contribution < 1.29 is 14.3 Å². The fourth-order valence-electron chi connectivity index (χ4n) is 3.22. The molecule has 7 heteroatoms. The summed E-state index contributed by atoms with van der Waals surface area (Å²) in [7, 11) is 1.36. The van der Waals surface area contributed by atoms with Crippen LogP contribution in [0.2, 0.25) is 15.1 Å². The minimum Gasteiger partial charge on any atom is -0.465 e. The van der Waals surface area contributed by atoms with Gasteiger partial charge in [0.05, 0.1) is 27.1 Å². The highest BCUT2D eigenvalue weighted by molar-refractivity contribution is 7.16. The summed E-state index contributed by atoms with van der Waals surface area (Å²) in [5.41, 5.74) is 3.39. The Morgan fingerprint density at radius 1 is 1.04 bits per heavy atom. The number of halogens is 3. The zero-order valence-corrected chi connectivity index (χ0v) is 17.9. The lowest BCUT2D eigenvalue weighted by Crippen LogP contribution is -2.08. The predicted molar refractivity (Wildman–Crippen MR) is 112 cm³/mol. The molecular weight excluding hydrogens is 427 g/mol. The number of ketones is 1. The Labute approximate surface area is 176 Å². The normalized spacial score (nSPS) is 14.0. The quantitative estimate of drug-likeness (QED) is 0.230. The molecule has 0 saturated carbocycles. The van der Waals surface area contributed by atoms with Gasteiger partial charge in [0.15, 0.2) is 5.78 Å². The Morgan fingerprint density at radius 2 is 1.59 bits per heavy atom. The Bertz CT molecular complexity index is 937.